The summed E-state index contributed by atoms with van der Waals surface area (Å²) in [4.78, 5) is 24.1. The fraction of sp³-hybridized carbons (Fsp3) is 0.724. The predicted octanol–water partition coefficient (Wildman–Crippen LogP) is 5.35. The first-order valence-corrected chi connectivity index (χ1v) is 13.6. The SMILES string of the molecule is C[C@]12CC[C@H](OC(=O)[C@H]3CCCN3)C[C@H]1CC[C@H]1C3=CC[C@H](c4ccc(=O)oc4)[C@@]3(C)CC[C@@H]12. The maximum absolute atomic E-state index is 12.6. The van der Waals surface area contributed by atoms with E-state index < -0.39 is 0 Å². The fourth-order valence-electron chi connectivity index (χ4n) is 8.86. The fourth-order valence-corrected chi connectivity index (χ4v) is 8.86. The lowest BCUT2D eigenvalue weighted by molar-refractivity contribution is -0.159. The average Bonchev–Trinajstić information content (AvgIpc) is 3.48. The number of allylic oxidation sites excluding steroid dienone is 2. The standard InChI is InChI=1S/C29H39NO4/c1-28-13-11-20(34-27(32)25-4-3-15-30-25)16-19(28)6-7-21-23-9-8-22(18-5-10-26(31)33-17-18)29(23,2)14-12-24(21)28/h5,9-10,17,19-22,24-25,30H,3-4,6-8,11-16H2,1-2H3/t19-,20+,21+,22-,24+,25-,28+,29-/m1/s1. The van der Waals surface area contributed by atoms with E-state index in [0.717, 1.165) is 44.6 Å². The van der Waals surface area contributed by atoms with Gasteiger partial charge in [-0.1, -0.05) is 25.5 Å². The summed E-state index contributed by atoms with van der Waals surface area (Å²) in [5.41, 5.74) is 3.10. The van der Waals surface area contributed by atoms with Crippen LogP contribution in [-0.4, -0.2) is 24.7 Å². The van der Waals surface area contributed by atoms with Crippen LogP contribution in [0.2, 0.25) is 0 Å². The van der Waals surface area contributed by atoms with E-state index >= 15 is 0 Å². The van der Waals surface area contributed by atoms with Gasteiger partial charge in [0.1, 0.15) is 12.1 Å². The molecule has 1 N–H and O–H groups in total. The Morgan fingerprint density at radius 3 is 2.76 bits per heavy atom. The van der Waals surface area contributed by atoms with Crippen LogP contribution in [0.15, 0.2) is 39.3 Å². The lowest BCUT2D eigenvalue weighted by atomic mass is 9.46. The van der Waals surface area contributed by atoms with Gasteiger partial charge >= 0.3 is 11.6 Å². The van der Waals surface area contributed by atoms with Crippen molar-refractivity contribution in [3.63, 3.8) is 0 Å². The van der Waals surface area contributed by atoms with Crippen LogP contribution in [0.5, 0.6) is 0 Å². The van der Waals surface area contributed by atoms with Crippen molar-refractivity contribution in [2.24, 2.45) is 28.6 Å². The molecule has 0 spiro atoms. The molecule has 3 saturated carbocycles. The van der Waals surface area contributed by atoms with Crippen LogP contribution < -0.4 is 10.9 Å². The van der Waals surface area contributed by atoms with E-state index in [1.165, 1.54) is 37.7 Å². The van der Waals surface area contributed by atoms with Crippen LogP contribution in [-0.2, 0) is 9.53 Å². The second-order valence-electron chi connectivity index (χ2n) is 12.3. The largest absolute Gasteiger partial charge is 0.461 e. The molecule has 34 heavy (non-hydrogen) atoms. The van der Waals surface area contributed by atoms with Crippen LogP contribution in [0.4, 0.5) is 0 Å². The van der Waals surface area contributed by atoms with E-state index in [9.17, 15) is 9.59 Å². The van der Waals surface area contributed by atoms with Crippen molar-refractivity contribution in [1.82, 2.24) is 5.32 Å². The van der Waals surface area contributed by atoms with Gasteiger partial charge in [0.05, 0.1) is 6.26 Å². The first-order chi connectivity index (χ1) is 16.4. The average molecular weight is 466 g/mol. The zero-order valence-electron chi connectivity index (χ0n) is 20.7. The molecule has 5 nitrogen and oxygen atoms in total. The van der Waals surface area contributed by atoms with Gasteiger partial charge in [0.25, 0.3) is 0 Å². The van der Waals surface area contributed by atoms with Gasteiger partial charge in [0.2, 0.25) is 0 Å². The minimum absolute atomic E-state index is 0.0212. The van der Waals surface area contributed by atoms with Gasteiger partial charge in [-0.25, -0.2) is 4.79 Å². The highest BCUT2D eigenvalue weighted by atomic mass is 16.5. The summed E-state index contributed by atoms with van der Waals surface area (Å²) in [6.07, 6.45) is 15.6. The van der Waals surface area contributed by atoms with Crippen LogP contribution in [0.25, 0.3) is 0 Å². The molecular formula is C29H39NO4. The van der Waals surface area contributed by atoms with Gasteiger partial charge in [0.15, 0.2) is 0 Å². The number of carbonyl (C=O) groups is 1. The molecule has 4 aliphatic carbocycles. The molecule has 184 valence electrons. The molecule has 2 heterocycles. The number of esters is 1. The van der Waals surface area contributed by atoms with Gasteiger partial charge in [0, 0.05) is 6.07 Å². The second-order valence-corrected chi connectivity index (χ2v) is 12.3. The van der Waals surface area contributed by atoms with Crippen LogP contribution in [0.1, 0.15) is 89.5 Å². The number of ether oxygens (including phenoxy) is 1. The zero-order valence-corrected chi connectivity index (χ0v) is 20.7. The molecule has 8 atom stereocenters. The zero-order chi connectivity index (χ0) is 23.5. The Kier molecular flexibility index (Phi) is 5.55. The van der Waals surface area contributed by atoms with Crippen LogP contribution in [0.3, 0.4) is 0 Å². The summed E-state index contributed by atoms with van der Waals surface area (Å²) < 4.78 is 11.3. The predicted molar refractivity (Wildman–Crippen MR) is 130 cm³/mol. The number of carbonyl (C=O) groups excluding carboxylic acids is 1. The smallest absolute Gasteiger partial charge is 0.335 e. The number of hydrogen-bond donors (Lipinski definition) is 1. The Hall–Kier alpha value is -1.88. The Bertz CT molecular complexity index is 1020. The van der Waals surface area contributed by atoms with E-state index in [4.69, 9.17) is 9.15 Å². The molecular weight excluding hydrogens is 426 g/mol. The highest BCUT2D eigenvalue weighted by molar-refractivity contribution is 5.76. The van der Waals surface area contributed by atoms with Gasteiger partial charge in [-0.3, -0.25) is 4.79 Å². The van der Waals surface area contributed by atoms with Crippen molar-refractivity contribution in [2.75, 3.05) is 6.54 Å². The molecule has 1 aromatic rings. The maximum atomic E-state index is 12.6. The minimum Gasteiger partial charge on any atom is -0.461 e. The normalized spacial score (nSPS) is 43.4. The van der Waals surface area contributed by atoms with E-state index in [0.29, 0.717) is 23.2 Å². The lowest BCUT2D eigenvalue weighted by Gasteiger charge is -2.59. The summed E-state index contributed by atoms with van der Waals surface area (Å²) in [7, 11) is 0. The molecule has 5 aliphatic rings. The first-order valence-electron chi connectivity index (χ1n) is 13.6. The summed E-state index contributed by atoms with van der Waals surface area (Å²) in [5, 5.41) is 3.29. The van der Waals surface area contributed by atoms with Crippen LogP contribution >= 0.6 is 0 Å². The third-order valence-electron chi connectivity index (χ3n) is 10.8. The third-order valence-corrected chi connectivity index (χ3v) is 10.8. The number of hydrogen-bond acceptors (Lipinski definition) is 5. The molecule has 1 aliphatic heterocycles. The molecule has 4 fully saturated rings. The van der Waals surface area contributed by atoms with Gasteiger partial charge in [-0.15, -0.1) is 0 Å². The van der Waals surface area contributed by atoms with Crippen LogP contribution in [0, 0.1) is 28.6 Å². The van der Waals surface area contributed by atoms with Crippen molar-refractivity contribution in [1.29, 1.82) is 0 Å². The Morgan fingerprint density at radius 2 is 2.00 bits per heavy atom. The van der Waals surface area contributed by atoms with E-state index in [-0.39, 0.29) is 29.2 Å². The van der Waals surface area contributed by atoms with E-state index in [1.54, 1.807) is 17.9 Å². The lowest BCUT2D eigenvalue weighted by Crippen LogP contribution is -2.52. The highest BCUT2D eigenvalue weighted by Crippen LogP contribution is 2.67. The summed E-state index contributed by atoms with van der Waals surface area (Å²) >= 11 is 0. The number of rotatable bonds is 3. The minimum atomic E-state index is -0.268. The number of fused-ring (bicyclic) bond motifs is 5. The summed E-state index contributed by atoms with van der Waals surface area (Å²) in [5.74, 6) is 2.45. The van der Waals surface area contributed by atoms with Gasteiger partial charge in [-0.05, 0) is 117 Å². The van der Waals surface area contributed by atoms with Crippen molar-refractivity contribution in [3.05, 3.63) is 46.0 Å². The van der Waals surface area contributed by atoms with Gasteiger partial charge in [-0.2, -0.15) is 0 Å². The van der Waals surface area contributed by atoms with Crippen molar-refractivity contribution >= 4 is 5.97 Å². The monoisotopic (exact) mass is 465 g/mol. The molecule has 0 bridgehead atoms. The topological polar surface area (TPSA) is 68.5 Å². The Labute approximate surface area is 202 Å². The summed E-state index contributed by atoms with van der Waals surface area (Å²) in [6, 6.07) is 3.47. The highest BCUT2D eigenvalue weighted by Gasteiger charge is 2.58. The van der Waals surface area contributed by atoms with Gasteiger partial charge < -0.3 is 14.5 Å². The van der Waals surface area contributed by atoms with Crippen molar-refractivity contribution in [2.45, 2.75) is 96.1 Å². The molecule has 0 radical (unpaired) electrons. The molecule has 1 saturated heterocycles. The maximum Gasteiger partial charge on any atom is 0.335 e. The number of nitrogens with one attached hydrogen (secondary N) is 1. The van der Waals surface area contributed by atoms with Crippen molar-refractivity contribution in [3.8, 4) is 0 Å². The quantitative estimate of drug-likeness (QED) is 0.481. The molecule has 5 heteroatoms. The molecule has 0 amide bonds. The first kappa shape index (κ1) is 22.6. The molecule has 1 aromatic heterocycles. The van der Waals surface area contributed by atoms with E-state index in [1.807, 2.05) is 6.07 Å². The molecule has 0 aromatic carbocycles. The Morgan fingerprint density at radius 1 is 1.12 bits per heavy atom. The molecule has 0 unspecified atom stereocenters. The van der Waals surface area contributed by atoms with E-state index in [2.05, 4.69) is 25.2 Å². The van der Waals surface area contributed by atoms with Crippen molar-refractivity contribution < 1.29 is 13.9 Å². The molecule has 6 rings (SSSR count). The summed E-state index contributed by atoms with van der Waals surface area (Å²) in [6.45, 7) is 5.94. The third kappa shape index (κ3) is 3.53. The Balaban J connectivity index is 1.16. The second kappa shape index (κ2) is 8.36.